The lowest BCUT2D eigenvalue weighted by Gasteiger charge is -2.14. The third kappa shape index (κ3) is 5.27. The first-order chi connectivity index (χ1) is 26.7. The van der Waals surface area contributed by atoms with E-state index in [9.17, 15) is 0 Å². The first-order valence-electron chi connectivity index (χ1n) is 18.1. The molecular weight excluding hydrogens is 677 g/mol. The van der Waals surface area contributed by atoms with Crippen molar-refractivity contribution in [2.24, 2.45) is 0 Å². The van der Waals surface area contributed by atoms with Gasteiger partial charge in [0.15, 0.2) is 5.82 Å². The molecule has 252 valence electrons. The van der Waals surface area contributed by atoms with Gasteiger partial charge >= 0.3 is 0 Å². The Morgan fingerprint density at radius 2 is 0.944 bits per heavy atom. The van der Waals surface area contributed by atoms with Crippen molar-refractivity contribution in [1.82, 2.24) is 9.97 Å². The molecule has 8 aromatic carbocycles. The predicted octanol–water partition coefficient (Wildman–Crippen LogP) is 14.2. The van der Waals surface area contributed by atoms with E-state index in [0.29, 0.717) is 5.82 Å². The SMILES string of the molecule is c1ccc(-c2nc(-c3cc(-c4ccc5oc6ccccc6c5c4)cc(-c4ccc5sc6ccccc6c5c4)c3)cc(-c3ccc4ccccc4c3)n2)cc1. The summed E-state index contributed by atoms with van der Waals surface area (Å²) in [6.45, 7) is 0. The maximum atomic E-state index is 6.22. The molecule has 0 radical (unpaired) electrons. The summed E-state index contributed by atoms with van der Waals surface area (Å²) in [6.07, 6.45) is 0. The highest BCUT2D eigenvalue weighted by atomic mass is 32.1. The summed E-state index contributed by atoms with van der Waals surface area (Å²) in [7, 11) is 0. The second-order valence-corrected chi connectivity index (χ2v) is 14.9. The van der Waals surface area contributed by atoms with Crippen LogP contribution in [0.3, 0.4) is 0 Å². The zero-order valence-electron chi connectivity index (χ0n) is 29.0. The Morgan fingerprint density at radius 1 is 0.333 bits per heavy atom. The molecule has 3 heterocycles. The third-order valence-corrected chi connectivity index (χ3v) is 11.6. The summed E-state index contributed by atoms with van der Waals surface area (Å²) in [6, 6.07) is 64.6. The first-order valence-corrected chi connectivity index (χ1v) is 18.9. The Labute approximate surface area is 315 Å². The number of benzene rings is 8. The lowest BCUT2D eigenvalue weighted by Crippen LogP contribution is -1.96. The molecule has 0 N–H and O–H groups in total. The molecule has 0 aliphatic rings. The van der Waals surface area contributed by atoms with Gasteiger partial charge < -0.3 is 4.42 Å². The summed E-state index contributed by atoms with van der Waals surface area (Å²) in [4.78, 5) is 10.4. The second-order valence-electron chi connectivity index (χ2n) is 13.8. The van der Waals surface area contributed by atoms with Gasteiger partial charge in [0, 0.05) is 47.6 Å². The van der Waals surface area contributed by atoms with E-state index in [0.717, 1.165) is 72.3 Å². The molecule has 0 bridgehead atoms. The monoisotopic (exact) mass is 706 g/mol. The zero-order valence-corrected chi connectivity index (χ0v) is 29.8. The van der Waals surface area contributed by atoms with Crippen molar-refractivity contribution >= 4 is 64.2 Å². The van der Waals surface area contributed by atoms with Crippen LogP contribution in [0.1, 0.15) is 0 Å². The number of hydrogen-bond donors (Lipinski definition) is 0. The quantitative estimate of drug-likeness (QED) is 0.179. The smallest absolute Gasteiger partial charge is 0.160 e. The van der Waals surface area contributed by atoms with Crippen molar-refractivity contribution < 1.29 is 4.42 Å². The minimum atomic E-state index is 0.695. The van der Waals surface area contributed by atoms with Crippen LogP contribution in [0.15, 0.2) is 186 Å². The molecule has 0 aliphatic heterocycles. The van der Waals surface area contributed by atoms with Gasteiger partial charge in [0.25, 0.3) is 0 Å². The van der Waals surface area contributed by atoms with Crippen LogP contribution in [0, 0.1) is 0 Å². The van der Waals surface area contributed by atoms with E-state index in [1.807, 2.05) is 41.7 Å². The van der Waals surface area contributed by atoms with Crippen LogP contribution >= 0.6 is 11.3 Å². The van der Waals surface area contributed by atoms with Crippen molar-refractivity contribution in [3.63, 3.8) is 0 Å². The lowest BCUT2D eigenvalue weighted by atomic mass is 9.93. The summed E-state index contributed by atoms with van der Waals surface area (Å²) in [5.41, 5.74) is 11.1. The lowest BCUT2D eigenvalue weighted by molar-refractivity contribution is 0.669. The van der Waals surface area contributed by atoms with Gasteiger partial charge in [-0.3, -0.25) is 0 Å². The van der Waals surface area contributed by atoms with E-state index in [-0.39, 0.29) is 0 Å². The summed E-state index contributed by atoms with van der Waals surface area (Å²) in [5, 5.41) is 7.17. The van der Waals surface area contributed by atoms with Gasteiger partial charge in [-0.2, -0.15) is 0 Å². The average Bonchev–Trinajstić information content (AvgIpc) is 3.81. The molecule has 0 fully saturated rings. The molecule has 11 rings (SSSR count). The van der Waals surface area contributed by atoms with Crippen LogP contribution in [-0.2, 0) is 0 Å². The predicted molar refractivity (Wildman–Crippen MR) is 227 cm³/mol. The molecule has 0 aliphatic carbocycles. The van der Waals surface area contributed by atoms with Gasteiger partial charge in [-0.25, -0.2) is 9.97 Å². The Bertz CT molecular complexity index is 3100. The van der Waals surface area contributed by atoms with Gasteiger partial charge in [0.2, 0.25) is 0 Å². The van der Waals surface area contributed by atoms with E-state index in [4.69, 9.17) is 14.4 Å². The summed E-state index contributed by atoms with van der Waals surface area (Å²) in [5.74, 6) is 0.695. The number of furan rings is 1. The molecule has 54 heavy (non-hydrogen) atoms. The number of fused-ring (bicyclic) bond motifs is 7. The normalized spacial score (nSPS) is 11.7. The fraction of sp³-hybridized carbons (Fsp3) is 0. The fourth-order valence-corrected chi connectivity index (χ4v) is 8.81. The van der Waals surface area contributed by atoms with E-state index in [2.05, 4.69) is 152 Å². The maximum Gasteiger partial charge on any atom is 0.160 e. The van der Waals surface area contributed by atoms with E-state index < -0.39 is 0 Å². The van der Waals surface area contributed by atoms with Crippen molar-refractivity contribution in [1.29, 1.82) is 0 Å². The highest BCUT2D eigenvalue weighted by molar-refractivity contribution is 7.25. The second kappa shape index (κ2) is 12.4. The zero-order chi connectivity index (χ0) is 35.6. The van der Waals surface area contributed by atoms with Gasteiger partial charge in [-0.1, -0.05) is 115 Å². The molecular formula is C50H30N2OS. The highest BCUT2D eigenvalue weighted by Gasteiger charge is 2.16. The van der Waals surface area contributed by atoms with Crippen LogP contribution in [0.5, 0.6) is 0 Å². The van der Waals surface area contributed by atoms with E-state index in [1.54, 1.807) is 0 Å². The maximum absolute atomic E-state index is 6.22. The highest BCUT2D eigenvalue weighted by Crippen LogP contribution is 2.40. The van der Waals surface area contributed by atoms with Gasteiger partial charge in [-0.05, 0) is 99.8 Å². The number of thiophene rings is 1. The molecule has 0 saturated heterocycles. The summed E-state index contributed by atoms with van der Waals surface area (Å²) >= 11 is 1.84. The molecule has 0 saturated carbocycles. The van der Waals surface area contributed by atoms with Crippen LogP contribution in [0.4, 0.5) is 0 Å². The molecule has 0 unspecified atom stereocenters. The van der Waals surface area contributed by atoms with Crippen LogP contribution in [-0.4, -0.2) is 9.97 Å². The molecule has 0 amide bonds. The molecule has 0 spiro atoms. The van der Waals surface area contributed by atoms with Crippen molar-refractivity contribution in [3.05, 3.63) is 182 Å². The Balaban J connectivity index is 1.15. The van der Waals surface area contributed by atoms with E-state index >= 15 is 0 Å². The van der Waals surface area contributed by atoms with Gasteiger partial charge in [-0.15, -0.1) is 11.3 Å². The number of rotatable bonds is 5. The van der Waals surface area contributed by atoms with Crippen LogP contribution in [0.25, 0.3) is 109 Å². The molecule has 11 aromatic rings. The van der Waals surface area contributed by atoms with E-state index in [1.165, 1.54) is 30.9 Å². The van der Waals surface area contributed by atoms with Gasteiger partial charge in [0.05, 0.1) is 11.4 Å². The third-order valence-electron chi connectivity index (χ3n) is 10.5. The largest absolute Gasteiger partial charge is 0.456 e. The van der Waals surface area contributed by atoms with Crippen molar-refractivity contribution in [2.75, 3.05) is 0 Å². The van der Waals surface area contributed by atoms with Gasteiger partial charge in [0.1, 0.15) is 11.2 Å². The number of nitrogens with zero attached hydrogens (tertiary/aromatic N) is 2. The number of para-hydroxylation sites is 1. The first kappa shape index (κ1) is 30.7. The molecule has 0 atom stereocenters. The van der Waals surface area contributed by atoms with Crippen LogP contribution in [0.2, 0.25) is 0 Å². The van der Waals surface area contributed by atoms with Crippen molar-refractivity contribution in [2.45, 2.75) is 0 Å². The molecule has 3 aromatic heterocycles. The minimum Gasteiger partial charge on any atom is -0.456 e. The Hall–Kier alpha value is -6.88. The Morgan fingerprint density at radius 3 is 1.80 bits per heavy atom. The number of aromatic nitrogens is 2. The molecule has 4 heteroatoms. The molecule has 3 nitrogen and oxygen atoms in total. The average molecular weight is 707 g/mol. The number of hydrogen-bond acceptors (Lipinski definition) is 4. The summed E-state index contributed by atoms with van der Waals surface area (Å²) < 4.78 is 8.81. The standard InChI is InChI=1S/C50H30N2OS/c1-2-11-32(12-3-1)50-51-44(36-19-18-31-10-4-5-13-33(31)24-36)30-45(52-50)39-26-37(34-20-22-47-42(28-34)40-14-6-8-16-46(40)53-47)25-38(27-39)35-21-23-49-43(29-35)41-15-7-9-17-48(41)54-49/h1-30H. The van der Waals surface area contributed by atoms with Crippen LogP contribution < -0.4 is 0 Å². The van der Waals surface area contributed by atoms with Crippen molar-refractivity contribution in [3.8, 4) is 56.2 Å². The minimum absolute atomic E-state index is 0.695. The fourth-order valence-electron chi connectivity index (χ4n) is 7.73. The topological polar surface area (TPSA) is 38.9 Å². The Kier molecular flexibility index (Phi) is 7.04.